The van der Waals surface area contributed by atoms with E-state index in [9.17, 15) is 0 Å². The zero-order chi connectivity index (χ0) is 12.7. The smallest absolute Gasteiger partial charge is 0.0628 e. The Bertz CT molecular complexity index is 643. The summed E-state index contributed by atoms with van der Waals surface area (Å²) in [6, 6.07) is 6.85. The molecule has 0 spiro atoms. The summed E-state index contributed by atoms with van der Waals surface area (Å²) in [6.45, 7) is 4.31. The van der Waals surface area contributed by atoms with Gasteiger partial charge in [0.05, 0.1) is 6.07 Å². The molecule has 0 radical (unpaired) electrons. The molecule has 92 valence electrons. The number of rotatable bonds is 1. The van der Waals surface area contributed by atoms with Gasteiger partial charge in [-0.05, 0) is 56.2 Å². The van der Waals surface area contributed by atoms with Crippen molar-refractivity contribution in [3.05, 3.63) is 34.5 Å². The van der Waals surface area contributed by atoms with Crippen LogP contribution in [0.3, 0.4) is 0 Å². The molecule has 2 aromatic rings. The number of fused-ring (bicyclic) bond motifs is 3. The van der Waals surface area contributed by atoms with Gasteiger partial charge >= 0.3 is 0 Å². The Balaban J connectivity index is 2.27. The molecule has 1 aliphatic rings. The maximum absolute atomic E-state index is 9.00. The fourth-order valence-corrected chi connectivity index (χ4v) is 3.37. The van der Waals surface area contributed by atoms with Crippen molar-refractivity contribution in [1.82, 2.24) is 4.98 Å². The first-order valence-electron chi connectivity index (χ1n) is 6.69. The molecule has 0 saturated carbocycles. The van der Waals surface area contributed by atoms with Gasteiger partial charge in [-0.2, -0.15) is 5.26 Å². The van der Waals surface area contributed by atoms with Crippen LogP contribution in [0.4, 0.5) is 0 Å². The molecule has 1 unspecified atom stereocenters. The van der Waals surface area contributed by atoms with Crippen molar-refractivity contribution < 1.29 is 0 Å². The minimum atomic E-state index is 0.425. The number of benzene rings is 1. The van der Waals surface area contributed by atoms with E-state index in [1.54, 1.807) is 0 Å². The number of aromatic nitrogens is 1. The van der Waals surface area contributed by atoms with E-state index in [2.05, 4.69) is 37.0 Å². The minimum absolute atomic E-state index is 0.425. The van der Waals surface area contributed by atoms with E-state index in [4.69, 9.17) is 5.26 Å². The molecule has 1 N–H and O–H groups in total. The van der Waals surface area contributed by atoms with Crippen LogP contribution in [-0.2, 0) is 6.42 Å². The van der Waals surface area contributed by atoms with Gasteiger partial charge in [0.15, 0.2) is 0 Å². The summed E-state index contributed by atoms with van der Waals surface area (Å²) in [4.78, 5) is 3.59. The van der Waals surface area contributed by atoms with E-state index in [0.29, 0.717) is 12.3 Å². The number of aromatic amines is 1. The Labute approximate surface area is 108 Å². The lowest BCUT2D eigenvalue weighted by molar-refractivity contribution is 0.561. The topological polar surface area (TPSA) is 39.6 Å². The summed E-state index contributed by atoms with van der Waals surface area (Å²) in [5.74, 6) is 0.425. The van der Waals surface area contributed by atoms with Gasteiger partial charge in [0, 0.05) is 23.0 Å². The standard InChI is InChI=1S/C16H18N2/c1-10-8-11(2)16-13(9-10)15-12(6-7-17)4-3-5-14(15)18-16/h8-9,12,18H,3-6H2,1-2H3. The molecule has 18 heavy (non-hydrogen) atoms. The first-order valence-corrected chi connectivity index (χ1v) is 6.69. The summed E-state index contributed by atoms with van der Waals surface area (Å²) in [7, 11) is 0. The zero-order valence-corrected chi connectivity index (χ0v) is 11.0. The SMILES string of the molecule is Cc1cc(C)c2[nH]c3c(c2c1)C(CC#N)CCC3. The van der Waals surface area contributed by atoms with Crippen molar-refractivity contribution in [3.63, 3.8) is 0 Å². The summed E-state index contributed by atoms with van der Waals surface area (Å²) >= 11 is 0. The van der Waals surface area contributed by atoms with Gasteiger partial charge in [-0.15, -0.1) is 0 Å². The first kappa shape index (κ1) is 11.3. The summed E-state index contributed by atoms with van der Waals surface area (Å²) in [5, 5.41) is 10.4. The van der Waals surface area contributed by atoms with E-state index >= 15 is 0 Å². The lowest BCUT2D eigenvalue weighted by atomic mass is 9.83. The Morgan fingerprint density at radius 2 is 2.22 bits per heavy atom. The van der Waals surface area contributed by atoms with Crippen molar-refractivity contribution in [2.24, 2.45) is 0 Å². The van der Waals surface area contributed by atoms with Gasteiger partial charge in [-0.3, -0.25) is 0 Å². The monoisotopic (exact) mass is 238 g/mol. The number of hydrogen-bond donors (Lipinski definition) is 1. The molecule has 1 aliphatic carbocycles. The normalized spacial score (nSPS) is 18.6. The van der Waals surface area contributed by atoms with Gasteiger partial charge in [0.25, 0.3) is 0 Å². The highest BCUT2D eigenvalue weighted by molar-refractivity contribution is 5.88. The van der Waals surface area contributed by atoms with Crippen molar-refractivity contribution in [2.75, 3.05) is 0 Å². The molecular weight excluding hydrogens is 220 g/mol. The fraction of sp³-hybridized carbons (Fsp3) is 0.438. The fourth-order valence-electron chi connectivity index (χ4n) is 3.37. The van der Waals surface area contributed by atoms with Crippen LogP contribution < -0.4 is 0 Å². The Morgan fingerprint density at radius 1 is 1.39 bits per heavy atom. The van der Waals surface area contributed by atoms with Crippen LogP contribution in [-0.4, -0.2) is 4.98 Å². The zero-order valence-electron chi connectivity index (χ0n) is 11.0. The molecule has 0 saturated heterocycles. The lowest BCUT2D eigenvalue weighted by Crippen LogP contribution is -2.08. The van der Waals surface area contributed by atoms with Crippen LogP contribution in [0.1, 0.15) is 47.6 Å². The van der Waals surface area contributed by atoms with Gasteiger partial charge in [-0.25, -0.2) is 0 Å². The molecule has 0 fully saturated rings. The molecule has 1 aromatic heterocycles. The van der Waals surface area contributed by atoms with E-state index in [1.807, 2.05) is 0 Å². The van der Waals surface area contributed by atoms with E-state index < -0.39 is 0 Å². The van der Waals surface area contributed by atoms with Crippen LogP contribution in [0.5, 0.6) is 0 Å². The van der Waals surface area contributed by atoms with E-state index in [0.717, 1.165) is 12.8 Å². The Morgan fingerprint density at radius 3 is 3.00 bits per heavy atom. The number of nitrogens with one attached hydrogen (secondary N) is 1. The second kappa shape index (κ2) is 4.17. The molecule has 2 heteroatoms. The molecule has 2 nitrogen and oxygen atoms in total. The highest BCUT2D eigenvalue weighted by atomic mass is 14.7. The average Bonchev–Trinajstić information content (AvgIpc) is 2.69. The number of nitriles is 1. The summed E-state index contributed by atoms with van der Waals surface area (Å²) < 4.78 is 0. The van der Waals surface area contributed by atoms with Gasteiger partial charge < -0.3 is 4.98 Å². The van der Waals surface area contributed by atoms with Crippen molar-refractivity contribution >= 4 is 10.9 Å². The maximum Gasteiger partial charge on any atom is 0.0628 e. The largest absolute Gasteiger partial charge is 0.358 e. The first-order chi connectivity index (χ1) is 8.70. The van der Waals surface area contributed by atoms with Crippen LogP contribution in [0, 0.1) is 25.2 Å². The highest BCUT2D eigenvalue weighted by Gasteiger charge is 2.24. The maximum atomic E-state index is 9.00. The Hall–Kier alpha value is -1.75. The number of nitrogens with zero attached hydrogens (tertiary/aromatic N) is 1. The van der Waals surface area contributed by atoms with Crippen LogP contribution in [0.15, 0.2) is 12.1 Å². The number of aryl methyl sites for hydroxylation is 3. The van der Waals surface area contributed by atoms with E-state index in [-0.39, 0.29) is 0 Å². The Kier molecular flexibility index (Phi) is 2.63. The second-order valence-electron chi connectivity index (χ2n) is 5.47. The highest BCUT2D eigenvalue weighted by Crippen LogP contribution is 2.39. The third-order valence-corrected chi connectivity index (χ3v) is 4.10. The number of hydrogen-bond acceptors (Lipinski definition) is 1. The predicted octanol–water partition coefficient (Wildman–Crippen LogP) is 4.12. The van der Waals surface area contributed by atoms with E-state index in [1.165, 1.54) is 39.7 Å². The summed E-state index contributed by atoms with van der Waals surface area (Å²) in [5.41, 5.74) is 6.68. The predicted molar refractivity (Wildman–Crippen MR) is 73.7 cm³/mol. The molecule has 1 aromatic carbocycles. The second-order valence-corrected chi connectivity index (χ2v) is 5.47. The molecule has 0 amide bonds. The minimum Gasteiger partial charge on any atom is -0.358 e. The molecule has 0 aliphatic heterocycles. The summed E-state index contributed by atoms with van der Waals surface area (Å²) in [6.07, 6.45) is 4.13. The lowest BCUT2D eigenvalue weighted by Gasteiger charge is -2.20. The molecule has 1 heterocycles. The van der Waals surface area contributed by atoms with Crippen molar-refractivity contribution in [1.29, 1.82) is 5.26 Å². The van der Waals surface area contributed by atoms with Crippen molar-refractivity contribution in [3.8, 4) is 6.07 Å². The number of H-pyrrole nitrogens is 1. The average molecular weight is 238 g/mol. The molecule has 3 rings (SSSR count). The van der Waals surface area contributed by atoms with Crippen LogP contribution >= 0.6 is 0 Å². The third-order valence-electron chi connectivity index (χ3n) is 4.10. The quantitative estimate of drug-likeness (QED) is 0.797. The molecular formula is C16H18N2. The van der Waals surface area contributed by atoms with Crippen molar-refractivity contribution in [2.45, 2.75) is 45.4 Å². The van der Waals surface area contributed by atoms with Gasteiger partial charge in [0.1, 0.15) is 0 Å². The van der Waals surface area contributed by atoms with Crippen LogP contribution in [0.2, 0.25) is 0 Å². The molecule has 0 bridgehead atoms. The molecule has 1 atom stereocenters. The van der Waals surface area contributed by atoms with Crippen LogP contribution in [0.25, 0.3) is 10.9 Å². The van der Waals surface area contributed by atoms with Gasteiger partial charge in [-0.1, -0.05) is 11.6 Å². The van der Waals surface area contributed by atoms with Gasteiger partial charge in [0.2, 0.25) is 0 Å². The third kappa shape index (κ3) is 1.62.